The first-order valence-corrected chi connectivity index (χ1v) is 11.1. The van der Waals surface area contributed by atoms with Gasteiger partial charge in [0, 0.05) is 7.05 Å². The Kier molecular flexibility index (Phi) is 8.63. The molecule has 3 rings (SSSR count). The normalized spacial score (nSPS) is 10.8. The van der Waals surface area contributed by atoms with Crippen molar-refractivity contribution in [1.29, 1.82) is 0 Å². The Bertz CT molecular complexity index is 1120. The maximum Gasteiger partial charge on any atom is 0.226 e. The number of rotatable bonds is 10. The van der Waals surface area contributed by atoms with Gasteiger partial charge in [-0.3, -0.25) is 0 Å². The van der Waals surface area contributed by atoms with Crippen LogP contribution in [0.4, 0.5) is 0 Å². The third-order valence-corrected chi connectivity index (χ3v) is 4.99. The number of nitrogens with zero attached hydrogens (tertiary/aromatic N) is 3. The molecule has 0 spiro atoms. The van der Waals surface area contributed by atoms with Gasteiger partial charge in [-0.15, -0.1) is 0 Å². The molecule has 0 saturated carbocycles. The Morgan fingerprint density at radius 3 is 2.00 bits per heavy atom. The first-order chi connectivity index (χ1) is 15.9. The third kappa shape index (κ3) is 6.66. The number of halogens is 2. The molecule has 0 radical (unpaired) electrons. The van der Waals surface area contributed by atoms with Crippen molar-refractivity contribution >= 4 is 29.4 Å². The van der Waals surface area contributed by atoms with Crippen LogP contribution < -0.4 is 14.2 Å². The van der Waals surface area contributed by atoms with Gasteiger partial charge in [-0.25, -0.2) is 4.68 Å². The largest absolute Gasteiger partial charge is 0.460 e. The standard InChI is InChI=1S/C24H25Cl2N3O4/c1-5-22-21(15-27-30-6-2)24(29(4)28-22)33-20-13-11-19(12-14-20)32-18-9-7-17(8-10-18)31-16(3)23(25)26/h7-15H,5-6H2,1-4H3/b27-15+. The van der Waals surface area contributed by atoms with E-state index in [1.54, 1.807) is 42.1 Å². The zero-order chi connectivity index (χ0) is 23.8. The summed E-state index contributed by atoms with van der Waals surface area (Å²) in [6.45, 7) is 6.08. The van der Waals surface area contributed by atoms with Gasteiger partial charge in [-0.1, -0.05) is 35.3 Å². The first kappa shape index (κ1) is 24.5. The molecule has 0 atom stereocenters. The quantitative estimate of drug-likeness (QED) is 0.174. The fourth-order valence-corrected chi connectivity index (χ4v) is 2.95. The van der Waals surface area contributed by atoms with Gasteiger partial charge in [0.2, 0.25) is 5.88 Å². The van der Waals surface area contributed by atoms with E-state index >= 15 is 0 Å². The second-order valence-corrected chi connectivity index (χ2v) is 7.81. The lowest BCUT2D eigenvalue weighted by atomic mass is 10.2. The third-order valence-electron chi connectivity index (χ3n) is 4.46. The molecular weight excluding hydrogens is 465 g/mol. The number of hydrogen-bond acceptors (Lipinski definition) is 6. The van der Waals surface area contributed by atoms with E-state index in [0.29, 0.717) is 41.2 Å². The molecule has 0 unspecified atom stereocenters. The molecule has 33 heavy (non-hydrogen) atoms. The molecule has 0 N–H and O–H groups in total. The van der Waals surface area contributed by atoms with Gasteiger partial charge in [0.25, 0.3) is 0 Å². The Morgan fingerprint density at radius 2 is 1.48 bits per heavy atom. The Morgan fingerprint density at radius 1 is 0.939 bits per heavy atom. The van der Waals surface area contributed by atoms with Gasteiger partial charge in [0.1, 0.15) is 39.9 Å². The number of benzene rings is 2. The van der Waals surface area contributed by atoms with Gasteiger partial charge >= 0.3 is 0 Å². The Labute approximate surface area is 203 Å². The van der Waals surface area contributed by atoms with Crippen molar-refractivity contribution in [3.63, 3.8) is 0 Å². The SMILES string of the molecule is CCO/N=C/c1c(CC)nn(C)c1Oc1ccc(Oc2ccc(OC(C)=C(Cl)Cl)cc2)cc1. The first-order valence-electron chi connectivity index (χ1n) is 10.4. The minimum atomic E-state index is 0.0865. The van der Waals surface area contributed by atoms with Crippen molar-refractivity contribution in [2.45, 2.75) is 27.2 Å². The lowest BCUT2D eigenvalue weighted by molar-refractivity contribution is 0.160. The van der Waals surface area contributed by atoms with Crippen LogP contribution in [0.25, 0.3) is 0 Å². The van der Waals surface area contributed by atoms with E-state index in [9.17, 15) is 0 Å². The second kappa shape index (κ2) is 11.6. The van der Waals surface area contributed by atoms with E-state index < -0.39 is 0 Å². The van der Waals surface area contributed by atoms with Crippen LogP contribution in [0.2, 0.25) is 0 Å². The van der Waals surface area contributed by atoms with Crippen LogP contribution >= 0.6 is 23.2 Å². The van der Waals surface area contributed by atoms with Crippen LogP contribution in [0, 0.1) is 0 Å². The van der Waals surface area contributed by atoms with Crippen molar-refractivity contribution in [2.75, 3.05) is 6.61 Å². The summed E-state index contributed by atoms with van der Waals surface area (Å²) in [5.74, 6) is 3.57. The summed E-state index contributed by atoms with van der Waals surface area (Å²) >= 11 is 11.4. The number of ether oxygens (including phenoxy) is 3. The smallest absolute Gasteiger partial charge is 0.226 e. The molecule has 7 nitrogen and oxygen atoms in total. The average Bonchev–Trinajstić information content (AvgIpc) is 3.11. The number of allylic oxidation sites excluding steroid dienone is 1. The highest BCUT2D eigenvalue weighted by atomic mass is 35.5. The Balaban J connectivity index is 1.69. The molecule has 0 aliphatic carbocycles. The summed E-state index contributed by atoms with van der Waals surface area (Å²) < 4.78 is 19.3. The molecule has 0 aliphatic rings. The van der Waals surface area contributed by atoms with Gasteiger partial charge in [0.05, 0.1) is 17.5 Å². The molecule has 1 aromatic heterocycles. The summed E-state index contributed by atoms with van der Waals surface area (Å²) in [7, 11) is 1.83. The highest BCUT2D eigenvalue weighted by Crippen LogP contribution is 2.30. The van der Waals surface area contributed by atoms with Crippen LogP contribution in [0.5, 0.6) is 28.9 Å². The van der Waals surface area contributed by atoms with Gasteiger partial charge in [-0.05, 0) is 68.8 Å². The highest BCUT2D eigenvalue weighted by molar-refractivity contribution is 6.56. The maximum absolute atomic E-state index is 6.09. The van der Waals surface area contributed by atoms with Crippen molar-refractivity contribution in [3.8, 4) is 28.9 Å². The van der Waals surface area contributed by atoms with E-state index in [4.69, 9.17) is 42.3 Å². The van der Waals surface area contributed by atoms with Gasteiger partial charge < -0.3 is 19.0 Å². The van der Waals surface area contributed by atoms with Crippen LogP contribution in [0.3, 0.4) is 0 Å². The molecule has 0 amide bonds. The number of oxime groups is 1. The lowest BCUT2D eigenvalue weighted by Crippen LogP contribution is -1.97. The van der Waals surface area contributed by atoms with Crippen LogP contribution in [-0.2, 0) is 18.3 Å². The van der Waals surface area contributed by atoms with E-state index in [0.717, 1.165) is 17.7 Å². The van der Waals surface area contributed by atoms with E-state index in [-0.39, 0.29) is 4.49 Å². The van der Waals surface area contributed by atoms with E-state index in [2.05, 4.69) is 10.3 Å². The van der Waals surface area contributed by atoms with Gasteiger partial charge in [0.15, 0.2) is 0 Å². The zero-order valence-electron chi connectivity index (χ0n) is 18.8. The molecule has 3 aromatic rings. The minimum absolute atomic E-state index is 0.0865. The van der Waals surface area contributed by atoms with Gasteiger partial charge in [-0.2, -0.15) is 5.10 Å². The molecule has 2 aromatic carbocycles. The number of aryl methyl sites for hydroxylation is 2. The molecular formula is C24H25Cl2N3O4. The Hall–Kier alpha value is -3.16. The van der Waals surface area contributed by atoms with Crippen molar-refractivity contribution < 1.29 is 19.0 Å². The van der Waals surface area contributed by atoms with E-state index in [1.807, 2.05) is 45.2 Å². The summed E-state index contributed by atoms with van der Waals surface area (Å²) in [6.07, 6.45) is 2.38. The maximum atomic E-state index is 6.09. The lowest BCUT2D eigenvalue weighted by Gasteiger charge is -2.10. The predicted octanol–water partition coefficient (Wildman–Crippen LogP) is 6.98. The summed E-state index contributed by atoms with van der Waals surface area (Å²) in [4.78, 5) is 5.10. The number of hydrogen-bond donors (Lipinski definition) is 0. The average molecular weight is 490 g/mol. The molecule has 1 heterocycles. The monoisotopic (exact) mass is 489 g/mol. The van der Waals surface area contributed by atoms with Crippen molar-refractivity contribution in [3.05, 3.63) is 70.0 Å². The summed E-state index contributed by atoms with van der Waals surface area (Å²) in [5, 5.41) is 8.48. The van der Waals surface area contributed by atoms with Crippen molar-refractivity contribution in [1.82, 2.24) is 9.78 Å². The highest BCUT2D eigenvalue weighted by Gasteiger charge is 2.16. The van der Waals surface area contributed by atoms with Crippen LogP contribution in [-0.4, -0.2) is 22.6 Å². The molecule has 0 aliphatic heterocycles. The van der Waals surface area contributed by atoms with Crippen LogP contribution in [0.15, 0.2) is 63.9 Å². The summed E-state index contributed by atoms with van der Waals surface area (Å²) in [6, 6.07) is 14.4. The van der Waals surface area contributed by atoms with E-state index in [1.165, 1.54) is 0 Å². The molecule has 9 heteroatoms. The predicted molar refractivity (Wildman–Crippen MR) is 130 cm³/mol. The molecule has 0 fully saturated rings. The molecule has 174 valence electrons. The summed E-state index contributed by atoms with van der Waals surface area (Å²) in [5.41, 5.74) is 1.67. The molecule has 0 saturated heterocycles. The number of aromatic nitrogens is 2. The van der Waals surface area contributed by atoms with Crippen molar-refractivity contribution in [2.24, 2.45) is 12.2 Å². The zero-order valence-corrected chi connectivity index (χ0v) is 20.4. The fourth-order valence-electron chi connectivity index (χ4n) is 2.87. The van der Waals surface area contributed by atoms with Crippen LogP contribution in [0.1, 0.15) is 32.0 Å². The fraction of sp³-hybridized carbons (Fsp3) is 0.250. The second-order valence-electron chi connectivity index (χ2n) is 6.86. The minimum Gasteiger partial charge on any atom is -0.460 e. The molecule has 0 bridgehead atoms. The topological polar surface area (TPSA) is 67.1 Å².